The molecule has 2 aromatic carbocycles. The molecule has 0 spiro atoms. The van der Waals surface area contributed by atoms with Crippen LogP contribution in [0.15, 0.2) is 54.7 Å². The second-order valence-electron chi connectivity index (χ2n) is 8.23. The number of anilines is 2. The number of hydrogen-bond acceptors (Lipinski definition) is 4. The number of hydrogen-bond donors (Lipinski definition) is 1. The molecule has 4 aromatic rings. The second-order valence-corrected chi connectivity index (χ2v) is 8.64. The molecule has 6 nitrogen and oxygen atoms in total. The van der Waals surface area contributed by atoms with Gasteiger partial charge in [0, 0.05) is 47.6 Å². The summed E-state index contributed by atoms with van der Waals surface area (Å²) >= 11 is 6.70. The summed E-state index contributed by atoms with van der Waals surface area (Å²) < 4.78 is 35.2. The molecule has 9 heteroatoms. The molecule has 0 aliphatic carbocycles. The largest absolute Gasteiger partial charge is 0.496 e. The van der Waals surface area contributed by atoms with Crippen LogP contribution < -0.4 is 15.4 Å². The number of pyridine rings is 1. The minimum atomic E-state index is -0.997. The third kappa shape index (κ3) is 3.80. The summed E-state index contributed by atoms with van der Waals surface area (Å²) in [5.41, 5.74) is 7.32. The number of fused-ring (bicyclic) bond motifs is 1. The van der Waals surface area contributed by atoms with E-state index in [0.717, 1.165) is 18.6 Å². The van der Waals surface area contributed by atoms with E-state index in [9.17, 15) is 18.4 Å². The van der Waals surface area contributed by atoms with Crippen molar-refractivity contribution in [2.75, 3.05) is 24.3 Å². The fraction of sp³-hybridized carbons (Fsp3) is 0.154. The Hall–Kier alpha value is -3.91. The summed E-state index contributed by atoms with van der Waals surface area (Å²) in [6, 6.07) is 12.2. The normalized spacial score (nSPS) is 13.6. The molecule has 1 fully saturated rings. The number of ketones is 1. The van der Waals surface area contributed by atoms with Crippen LogP contribution in [0, 0.1) is 11.6 Å². The van der Waals surface area contributed by atoms with Gasteiger partial charge in [0.15, 0.2) is 0 Å². The smallest absolute Gasteiger partial charge is 0.227 e. The molecule has 1 aliphatic rings. The summed E-state index contributed by atoms with van der Waals surface area (Å²) in [7, 11) is 1.52. The van der Waals surface area contributed by atoms with E-state index >= 15 is 0 Å². The quantitative estimate of drug-likeness (QED) is 0.293. The van der Waals surface area contributed by atoms with Crippen molar-refractivity contribution in [3.05, 3.63) is 82.6 Å². The van der Waals surface area contributed by atoms with Crippen LogP contribution in [0.5, 0.6) is 5.75 Å². The van der Waals surface area contributed by atoms with E-state index in [0.29, 0.717) is 46.1 Å². The van der Waals surface area contributed by atoms with Crippen LogP contribution in [0.2, 0.25) is 5.02 Å². The predicted octanol–water partition coefficient (Wildman–Crippen LogP) is 5.49. The maximum atomic E-state index is 14.0. The Labute approximate surface area is 204 Å². The monoisotopic (exact) mass is 495 g/mol. The lowest BCUT2D eigenvalue weighted by Crippen LogP contribution is -2.23. The highest BCUT2D eigenvalue weighted by atomic mass is 35.5. The van der Waals surface area contributed by atoms with E-state index in [1.54, 1.807) is 45.8 Å². The van der Waals surface area contributed by atoms with Crippen molar-refractivity contribution in [3.63, 3.8) is 0 Å². The van der Waals surface area contributed by atoms with Crippen molar-refractivity contribution in [2.24, 2.45) is 0 Å². The average Bonchev–Trinajstić information content (AvgIpc) is 3.47. The molecule has 178 valence electrons. The van der Waals surface area contributed by atoms with E-state index in [1.807, 2.05) is 6.07 Å². The lowest BCUT2D eigenvalue weighted by Gasteiger charge is -2.20. The lowest BCUT2D eigenvalue weighted by atomic mass is 10.0. The Bertz CT molecular complexity index is 1490. The number of benzene rings is 2. The van der Waals surface area contributed by atoms with Crippen LogP contribution in [0.4, 0.5) is 20.2 Å². The van der Waals surface area contributed by atoms with Crippen LogP contribution in [0.1, 0.15) is 28.9 Å². The van der Waals surface area contributed by atoms with E-state index in [-0.39, 0.29) is 17.2 Å². The van der Waals surface area contributed by atoms with Crippen LogP contribution in [-0.2, 0) is 4.79 Å². The fourth-order valence-electron chi connectivity index (χ4n) is 4.47. The zero-order chi connectivity index (χ0) is 24.9. The van der Waals surface area contributed by atoms with Gasteiger partial charge in [0.25, 0.3) is 0 Å². The maximum absolute atomic E-state index is 14.0. The Morgan fingerprint density at radius 2 is 1.86 bits per heavy atom. The van der Waals surface area contributed by atoms with Crippen LogP contribution in [-0.4, -0.2) is 29.7 Å². The van der Waals surface area contributed by atoms with Crippen LogP contribution in [0.3, 0.4) is 0 Å². The van der Waals surface area contributed by atoms with Gasteiger partial charge in [-0.1, -0.05) is 17.7 Å². The number of carbonyl (C=O) groups is 2. The van der Waals surface area contributed by atoms with Gasteiger partial charge >= 0.3 is 0 Å². The summed E-state index contributed by atoms with van der Waals surface area (Å²) in [6.07, 6.45) is 2.94. The van der Waals surface area contributed by atoms with E-state index in [2.05, 4.69) is 0 Å². The first-order valence-electron chi connectivity index (χ1n) is 10.9. The van der Waals surface area contributed by atoms with Gasteiger partial charge < -0.3 is 19.8 Å². The minimum absolute atomic E-state index is 0.0308. The van der Waals surface area contributed by atoms with Gasteiger partial charge in [-0.15, -0.1) is 0 Å². The van der Waals surface area contributed by atoms with Crippen molar-refractivity contribution >= 4 is 40.2 Å². The molecule has 2 aromatic heterocycles. The van der Waals surface area contributed by atoms with Gasteiger partial charge in [0.05, 0.1) is 23.3 Å². The molecule has 0 atom stereocenters. The number of amides is 1. The van der Waals surface area contributed by atoms with Crippen molar-refractivity contribution in [1.82, 2.24) is 4.40 Å². The maximum Gasteiger partial charge on any atom is 0.227 e. The third-order valence-electron chi connectivity index (χ3n) is 6.18. The van der Waals surface area contributed by atoms with Gasteiger partial charge in [0.1, 0.15) is 23.1 Å². The molecular weight excluding hydrogens is 476 g/mol. The first-order valence-corrected chi connectivity index (χ1v) is 11.3. The second kappa shape index (κ2) is 8.70. The molecular formula is C26H20ClF2N3O3. The lowest BCUT2D eigenvalue weighted by molar-refractivity contribution is -0.117. The van der Waals surface area contributed by atoms with Crippen molar-refractivity contribution < 1.29 is 23.1 Å². The highest BCUT2D eigenvalue weighted by Crippen LogP contribution is 2.42. The summed E-state index contributed by atoms with van der Waals surface area (Å²) in [4.78, 5) is 27.0. The highest BCUT2D eigenvalue weighted by Gasteiger charge is 2.25. The number of methoxy groups -OCH3 is 1. The first-order chi connectivity index (χ1) is 16.8. The predicted molar refractivity (Wildman–Crippen MR) is 130 cm³/mol. The molecule has 2 N–H and O–H groups in total. The topological polar surface area (TPSA) is 77.0 Å². The molecule has 0 bridgehead atoms. The number of rotatable bonds is 5. The number of aromatic nitrogens is 1. The summed E-state index contributed by atoms with van der Waals surface area (Å²) in [5, 5.41) is 0.379. The van der Waals surface area contributed by atoms with E-state index < -0.39 is 23.1 Å². The van der Waals surface area contributed by atoms with Crippen molar-refractivity contribution in [3.8, 4) is 16.9 Å². The zero-order valence-electron chi connectivity index (χ0n) is 18.6. The van der Waals surface area contributed by atoms with E-state index in [1.165, 1.54) is 7.11 Å². The molecule has 5 rings (SSSR count). The number of halogens is 3. The summed E-state index contributed by atoms with van der Waals surface area (Å²) in [6.45, 7) is 0.615. The molecule has 1 amide bonds. The standard InChI is InChI=1S/C26H20ClF2N3O3/c1-35-22-13-15(31-8-3-5-23(31)33)12-17(27)24(22)16-4-2-9-32-20(16)6-7-21(32)26(34)14-10-18(28)25(30)19(29)11-14/h2,4,6-7,9-13H,3,5,8,30H2,1H3. The first kappa shape index (κ1) is 22.9. The number of nitrogens with zero attached hydrogens (tertiary/aromatic N) is 2. The Morgan fingerprint density at radius 3 is 2.51 bits per heavy atom. The number of nitrogen functional groups attached to an aromatic ring is 1. The van der Waals surface area contributed by atoms with Gasteiger partial charge in [-0.05, 0) is 42.8 Å². The van der Waals surface area contributed by atoms with Crippen molar-refractivity contribution in [2.45, 2.75) is 12.8 Å². The third-order valence-corrected chi connectivity index (χ3v) is 6.48. The van der Waals surface area contributed by atoms with Gasteiger partial charge in [-0.2, -0.15) is 0 Å². The van der Waals surface area contributed by atoms with Gasteiger partial charge in [0.2, 0.25) is 11.7 Å². The average molecular weight is 496 g/mol. The van der Waals surface area contributed by atoms with Crippen LogP contribution >= 0.6 is 11.6 Å². The molecule has 35 heavy (non-hydrogen) atoms. The fourth-order valence-corrected chi connectivity index (χ4v) is 4.77. The summed E-state index contributed by atoms with van der Waals surface area (Å²) in [5.74, 6) is -2.06. The number of ether oxygens (including phenoxy) is 1. The number of carbonyl (C=O) groups excluding carboxylic acids is 2. The van der Waals surface area contributed by atoms with E-state index in [4.69, 9.17) is 22.1 Å². The highest BCUT2D eigenvalue weighted by molar-refractivity contribution is 6.34. The molecule has 0 saturated carbocycles. The van der Waals surface area contributed by atoms with Gasteiger partial charge in [-0.25, -0.2) is 8.78 Å². The molecule has 0 unspecified atom stereocenters. The Morgan fingerprint density at radius 1 is 1.11 bits per heavy atom. The SMILES string of the molecule is COc1cc(N2CCCC2=O)cc(Cl)c1-c1cccn2c(C(=O)c3cc(F)c(N)c(F)c3)ccc12. The molecule has 3 heterocycles. The molecule has 1 aliphatic heterocycles. The van der Waals surface area contributed by atoms with Crippen LogP contribution in [0.25, 0.3) is 16.6 Å². The molecule has 1 saturated heterocycles. The Balaban J connectivity index is 1.62. The van der Waals surface area contributed by atoms with Crippen molar-refractivity contribution in [1.29, 1.82) is 0 Å². The zero-order valence-corrected chi connectivity index (χ0v) is 19.4. The number of nitrogens with two attached hydrogens (primary N) is 1. The Kier molecular flexibility index (Phi) is 5.68. The minimum Gasteiger partial charge on any atom is -0.496 e. The molecule has 0 radical (unpaired) electrons. The van der Waals surface area contributed by atoms with Gasteiger partial charge in [-0.3, -0.25) is 9.59 Å².